The highest BCUT2D eigenvalue weighted by atomic mass is 35.5. The molecular formula is C12H10Cl2N4O3. The summed E-state index contributed by atoms with van der Waals surface area (Å²) in [4.78, 5) is 28.8. The zero-order chi connectivity index (χ0) is 15.1. The number of β-amino-alcohol motifs (C(OH)–C–C–N with tert-alkyl or cyclic N) is 1. The van der Waals surface area contributed by atoms with Crippen LogP contribution in [0.15, 0.2) is 17.1 Å². The molecule has 0 aromatic heterocycles. The van der Waals surface area contributed by atoms with Gasteiger partial charge in [-0.1, -0.05) is 23.2 Å². The van der Waals surface area contributed by atoms with Crippen molar-refractivity contribution in [1.82, 2.24) is 5.32 Å². The van der Waals surface area contributed by atoms with Gasteiger partial charge in [0.25, 0.3) is 5.91 Å². The number of urea groups is 1. The van der Waals surface area contributed by atoms with Gasteiger partial charge < -0.3 is 15.3 Å². The Morgan fingerprint density at radius 3 is 2.71 bits per heavy atom. The van der Waals surface area contributed by atoms with Gasteiger partial charge in [-0.25, -0.2) is 4.79 Å². The van der Waals surface area contributed by atoms with Crippen molar-refractivity contribution in [2.24, 2.45) is 4.99 Å². The summed E-state index contributed by atoms with van der Waals surface area (Å²) >= 11 is 12.0. The molecule has 3 N–H and O–H groups in total. The molecule has 1 atom stereocenters. The Hall–Kier alpha value is -1.83. The summed E-state index contributed by atoms with van der Waals surface area (Å²) in [7, 11) is 0. The van der Waals surface area contributed by atoms with Gasteiger partial charge >= 0.3 is 6.03 Å². The van der Waals surface area contributed by atoms with Crippen LogP contribution in [0.25, 0.3) is 0 Å². The van der Waals surface area contributed by atoms with Gasteiger partial charge in [-0.05, 0) is 12.1 Å². The fourth-order valence-corrected chi connectivity index (χ4v) is 2.65. The van der Waals surface area contributed by atoms with E-state index in [9.17, 15) is 14.7 Å². The SMILES string of the molecule is O=C1N=C2C(Nc3cc(Cl)c(Cl)cc3N2CCO)C(=O)N1. The van der Waals surface area contributed by atoms with Crippen LogP contribution in [0.2, 0.25) is 10.0 Å². The maximum Gasteiger partial charge on any atom is 0.349 e. The number of aliphatic hydroxyl groups is 1. The van der Waals surface area contributed by atoms with Crippen LogP contribution in [0.3, 0.4) is 0 Å². The molecule has 3 rings (SSSR count). The van der Waals surface area contributed by atoms with Gasteiger partial charge in [-0.3, -0.25) is 10.1 Å². The molecule has 21 heavy (non-hydrogen) atoms. The van der Waals surface area contributed by atoms with E-state index in [1.807, 2.05) is 0 Å². The van der Waals surface area contributed by atoms with Crippen molar-refractivity contribution in [3.8, 4) is 0 Å². The second-order valence-electron chi connectivity index (χ2n) is 4.50. The Balaban J connectivity index is 2.16. The molecule has 1 aromatic rings. The largest absolute Gasteiger partial charge is 0.395 e. The Morgan fingerprint density at radius 2 is 2.00 bits per heavy atom. The number of aliphatic imine (C=N–C) groups is 1. The van der Waals surface area contributed by atoms with Gasteiger partial charge in [-0.15, -0.1) is 0 Å². The lowest BCUT2D eigenvalue weighted by atomic mass is 10.1. The molecule has 2 heterocycles. The standard InChI is InChI=1S/C12H10Cl2N4O3/c13-5-3-7-8(4-6(5)14)18(1-2-19)10-9(15-7)11(20)17-12(21)16-10/h3-4,9,15,19H,1-2H2,(H,17,20,21). The molecule has 0 bridgehead atoms. The monoisotopic (exact) mass is 328 g/mol. The van der Waals surface area contributed by atoms with Crippen molar-refractivity contribution in [2.75, 3.05) is 23.4 Å². The second-order valence-corrected chi connectivity index (χ2v) is 5.31. The van der Waals surface area contributed by atoms with Gasteiger partial charge in [0, 0.05) is 6.54 Å². The van der Waals surface area contributed by atoms with Gasteiger partial charge in [0.1, 0.15) is 5.84 Å². The predicted molar refractivity (Wildman–Crippen MR) is 79.3 cm³/mol. The number of benzene rings is 1. The minimum absolute atomic E-state index is 0.169. The van der Waals surface area contributed by atoms with Crippen LogP contribution in [-0.4, -0.2) is 42.1 Å². The minimum atomic E-state index is -0.820. The van der Waals surface area contributed by atoms with E-state index in [2.05, 4.69) is 15.6 Å². The highest BCUT2D eigenvalue weighted by Gasteiger charge is 2.39. The number of fused-ring (bicyclic) bond motifs is 2. The summed E-state index contributed by atoms with van der Waals surface area (Å²) in [6.07, 6.45) is 0. The van der Waals surface area contributed by atoms with Crippen LogP contribution in [0.4, 0.5) is 16.2 Å². The molecule has 2 aliphatic heterocycles. The number of imide groups is 1. The van der Waals surface area contributed by atoms with Crippen molar-refractivity contribution in [3.05, 3.63) is 22.2 Å². The Kier molecular flexibility index (Phi) is 3.48. The number of aliphatic hydroxyl groups excluding tert-OH is 1. The number of carbonyl (C=O) groups excluding carboxylic acids is 2. The number of hydrogen-bond acceptors (Lipinski definition) is 5. The number of nitrogens with zero attached hydrogens (tertiary/aromatic N) is 2. The zero-order valence-corrected chi connectivity index (χ0v) is 12.1. The van der Waals surface area contributed by atoms with Gasteiger partial charge in [0.05, 0.1) is 28.0 Å². The summed E-state index contributed by atoms with van der Waals surface area (Å²) < 4.78 is 0. The number of amidine groups is 1. The normalized spacial score (nSPS) is 20.2. The third kappa shape index (κ3) is 2.33. The molecule has 9 heteroatoms. The van der Waals surface area contributed by atoms with Crippen LogP contribution < -0.4 is 15.5 Å². The van der Waals surface area contributed by atoms with Crippen LogP contribution >= 0.6 is 23.2 Å². The fraction of sp³-hybridized carbons (Fsp3) is 0.250. The first-order chi connectivity index (χ1) is 10.0. The maximum atomic E-state index is 11.9. The van der Waals surface area contributed by atoms with E-state index in [-0.39, 0.29) is 19.0 Å². The first kappa shape index (κ1) is 14.1. The first-order valence-electron chi connectivity index (χ1n) is 6.08. The van der Waals surface area contributed by atoms with E-state index in [4.69, 9.17) is 23.2 Å². The van der Waals surface area contributed by atoms with E-state index in [1.54, 1.807) is 17.0 Å². The smallest absolute Gasteiger partial charge is 0.349 e. The van der Waals surface area contributed by atoms with Crippen molar-refractivity contribution in [3.63, 3.8) is 0 Å². The van der Waals surface area contributed by atoms with E-state index in [0.717, 1.165) is 0 Å². The Bertz CT molecular complexity index is 677. The predicted octanol–water partition coefficient (Wildman–Crippen LogP) is 1.23. The summed E-state index contributed by atoms with van der Waals surface area (Å²) in [5.41, 5.74) is 1.17. The molecule has 0 fully saturated rings. The third-order valence-corrected chi connectivity index (χ3v) is 3.92. The lowest BCUT2D eigenvalue weighted by molar-refractivity contribution is -0.119. The van der Waals surface area contributed by atoms with E-state index >= 15 is 0 Å². The number of hydrogen-bond donors (Lipinski definition) is 3. The third-order valence-electron chi connectivity index (χ3n) is 3.20. The summed E-state index contributed by atoms with van der Waals surface area (Å²) in [6.45, 7) is -0.0101. The lowest BCUT2D eigenvalue weighted by Gasteiger charge is -2.38. The molecule has 0 radical (unpaired) electrons. The van der Waals surface area contributed by atoms with Gasteiger partial charge in [-0.2, -0.15) is 4.99 Å². The highest BCUT2D eigenvalue weighted by molar-refractivity contribution is 6.42. The van der Waals surface area contributed by atoms with Crippen LogP contribution in [0.1, 0.15) is 0 Å². The summed E-state index contributed by atoms with van der Waals surface area (Å²) in [6, 6.07) is 1.63. The quantitative estimate of drug-likeness (QED) is 0.759. The Morgan fingerprint density at radius 1 is 1.29 bits per heavy atom. The van der Waals surface area contributed by atoms with Gasteiger partial charge in [0.15, 0.2) is 6.04 Å². The molecule has 0 aliphatic carbocycles. The number of anilines is 2. The van der Waals surface area contributed by atoms with Crippen molar-refractivity contribution >= 4 is 52.4 Å². The van der Waals surface area contributed by atoms with Crippen LogP contribution in [0.5, 0.6) is 0 Å². The molecule has 1 aromatic carbocycles. The lowest BCUT2D eigenvalue weighted by Crippen LogP contribution is -2.59. The molecule has 110 valence electrons. The van der Waals surface area contributed by atoms with E-state index in [1.165, 1.54) is 0 Å². The molecule has 1 unspecified atom stereocenters. The highest BCUT2D eigenvalue weighted by Crippen LogP contribution is 2.38. The van der Waals surface area contributed by atoms with Crippen molar-refractivity contribution in [2.45, 2.75) is 6.04 Å². The minimum Gasteiger partial charge on any atom is -0.395 e. The van der Waals surface area contributed by atoms with Crippen LogP contribution in [-0.2, 0) is 4.79 Å². The van der Waals surface area contributed by atoms with E-state index < -0.39 is 18.0 Å². The molecule has 7 nitrogen and oxygen atoms in total. The van der Waals surface area contributed by atoms with Crippen molar-refractivity contribution < 1.29 is 14.7 Å². The number of rotatable bonds is 2. The molecular weight excluding hydrogens is 319 g/mol. The number of amides is 3. The maximum absolute atomic E-state index is 11.9. The average molecular weight is 329 g/mol. The van der Waals surface area contributed by atoms with Crippen LogP contribution in [0, 0.1) is 0 Å². The number of carbonyl (C=O) groups is 2. The van der Waals surface area contributed by atoms with Crippen molar-refractivity contribution in [1.29, 1.82) is 0 Å². The fourth-order valence-electron chi connectivity index (χ4n) is 2.33. The summed E-state index contributed by atoms with van der Waals surface area (Å²) in [5, 5.41) is 15.0. The molecule has 2 aliphatic rings. The number of halogens is 2. The summed E-state index contributed by atoms with van der Waals surface area (Å²) in [5.74, 6) is -0.284. The topological polar surface area (TPSA) is 94.0 Å². The first-order valence-corrected chi connectivity index (χ1v) is 6.84. The van der Waals surface area contributed by atoms with E-state index in [0.29, 0.717) is 21.4 Å². The average Bonchev–Trinajstić information content (AvgIpc) is 2.42. The number of nitrogens with one attached hydrogen (secondary N) is 2. The molecule has 0 saturated carbocycles. The molecule has 3 amide bonds. The zero-order valence-electron chi connectivity index (χ0n) is 10.6. The van der Waals surface area contributed by atoms with Gasteiger partial charge in [0.2, 0.25) is 0 Å². The Labute approximate surface area is 129 Å². The molecule has 0 spiro atoms. The second kappa shape index (κ2) is 5.18. The molecule has 0 saturated heterocycles.